The fourth-order valence-electron chi connectivity index (χ4n) is 2.00. The first-order valence-electron chi connectivity index (χ1n) is 6.64. The third-order valence-corrected chi connectivity index (χ3v) is 3.14. The van der Waals surface area contributed by atoms with Crippen LogP contribution in [0.3, 0.4) is 0 Å². The molecular weight excluding hydrogens is 240 g/mol. The molecule has 2 atom stereocenters. The second kappa shape index (κ2) is 7.14. The van der Waals surface area contributed by atoms with Crippen molar-refractivity contribution in [2.24, 2.45) is 0 Å². The number of likely N-dealkylation sites (N-methyl/N-ethyl adjacent to an activating group) is 1. The number of nitrogens with zero attached hydrogens (tertiary/aromatic N) is 1. The second-order valence-electron chi connectivity index (χ2n) is 4.81. The first-order valence-corrected chi connectivity index (χ1v) is 6.64. The lowest BCUT2D eigenvalue weighted by atomic mass is 10.0. The summed E-state index contributed by atoms with van der Waals surface area (Å²) in [6, 6.07) is 8.25. The molecule has 1 rings (SSSR count). The summed E-state index contributed by atoms with van der Waals surface area (Å²) in [5, 5.41) is 3.26. The first kappa shape index (κ1) is 15.5. The standard InChI is InChI=1S/C15H24N2O2/c1-6-14(16-3)12-7-9-13(10-8-12)19-11(2)15(18)17(4)5/h7-11,14,16H,6H2,1-5H3. The third-order valence-electron chi connectivity index (χ3n) is 3.14. The average Bonchev–Trinajstić information content (AvgIpc) is 2.41. The Morgan fingerprint density at radius 1 is 1.32 bits per heavy atom. The summed E-state index contributed by atoms with van der Waals surface area (Å²) in [5.41, 5.74) is 1.23. The molecule has 0 saturated carbocycles. The second-order valence-corrected chi connectivity index (χ2v) is 4.81. The van der Waals surface area contributed by atoms with E-state index >= 15 is 0 Å². The van der Waals surface area contributed by atoms with E-state index in [0.717, 1.165) is 12.2 Å². The van der Waals surface area contributed by atoms with Crippen molar-refractivity contribution in [3.05, 3.63) is 29.8 Å². The van der Waals surface area contributed by atoms with Crippen molar-refractivity contribution in [1.82, 2.24) is 10.2 Å². The fourth-order valence-corrected chi connectivity index (χ4v) is 2.00. The van der Waals surface area contributed by atoms with E-state index in [4.69, 9.17) is 4.74 Å². The van der Waals surface area contributed by atoms with Crippen LogP contribution in [0.1, 0.15) is 31.9 Å². The van der Waals surface area contributed by atoms with Crippen LogP contribution in [0.5, 0.6) is 5.75 Å². The molecule has 0 heterocycles. The predicted molar refractivity (Wildman–Crippen MR) is 77.3 cm³/mol. The van der Waals surface area contributed by atoms with Gasteiger partial charge in [0.05, 0.1) is 0 Å². The minimum Gasteiger partial charge on any atom is -0.481 e. The van der Waals surface area contributed by atoms with E-state index in [9.17, 15) is 4.79 Å². The number of rotatable bonds is 6. The number of amides is 1. The van der Waals surface area contributed by atoms with Crippen molar-refractivity contribution in [2.75, 3.05) is 21.1 Å². The molecule has 0 bridgehead atoms. The van der Waals surface area contributed by atoms with Crippen LogP contribution in [-0.2, 0) is 4.79 Å². The molecular formula is C15H24N2O2. The quantitative estimate of drug-likeness (QED) is 0.856. The number of hydrogen-bond donors (Lipinski definition) is 1. The molecule has 1 N–H and O–H groups in total. The number of ether oxygens (including phenoxy) is 1. The van der Waals surface area contributed by atoms with Crippen LogP contribution in [0.4, 0.5) is 0 Å². The molecule has 0 spiro atoms. The Morgan fingerprint density at radius 2 is 1.89 bits per heavy atom. The van der Waals surface area contributed by atoms with E-state index in [1.807, 2.05) is 31.3 Å². The highest BCUT2D eigenvalue weighted by molar-refractivity contribution is 5.80. The van der Waals surface area contributed by atoms with Crippen LogP contribution in [0.2, 0.25) is 0 Å². The lowest BCUT2D eigenvalue weighted by Crippen LogP contribution is -2.35. The van der Waals surface area contributed by atoms with Crippen molar-refractivity contribution in [1.29, 1.82) is 0 Å². The molecule has 106 valence electrons. The Bertz CT molecular complexity index is 397. The lowest BCUT2D eigenvalue weighted by Gasteiger charge is -2.19. The summed E-state index contributed by atoms with van der Waals surface area (Å²) in [7, 11) is 5.41. The van der Waals surface area contributed by atoms with Gasteiger partial charge in [0, 0.05) is 20.1 Å². The number of benzene rings is 1. The van der Waals surface area contributed by atoms with Gasteiger partial charge in [-0.3, -0.25) is 4.79 Å². The molecule has 2 unspecified atom stereocenters. The summed E-state index contributed by atoms with van der Waals surface area (Å²) < 4.78 is 5.63. The molecule has 0 aliphatic carbocycles. The van der Waals surface area contributed by atoms with Gasteiger partial charge in [0.2, 0.25) is 0 Å². The summed E-state index contributed by atoms with van der Waals surface area (Å²) in [6.45, 7) is 3.90. The number of carbonyl (C=O) groups excluding carboxylic acids is 1. The topological polar surface area (TPSA) is 41.6 Å². The minimum absolute atomic E-state index is 0.0364. The molecule has 0 saturated heterocycles. The van der Waals surface area contributed by atoms with Crippen LogP contribution in [0.15, 0.2) is 24.3 Å². The molecule has 4 nitrogen and oxygen atoms in total. The van der Waals surface area contributed by atoms with Crippen molar-refractivity contribution in [3.8, 4) is 5.75 Å². The molecule has 0 aliphatic rings. The molecule has 0 radical (unpaired) electrons. The highest BCUT2D eigenvalue weighted by Gasteiger charge is 2.16. The van der Waals surface area contributed by atoms with E-state index in [0.29, 0.717) is 6.04 Å². The predicted octanol–water partition coefficient (Wildman–Crippen LogP) is 2.21. The monoisotopic (exact) mass is 264 g/mol. The minimum atomic E-state index is -0.466. The smallest absolute Gasteiger partial charge is 0.262 e. The summed E-state index contributed by atoms with van der Waals surface area (Å²) in [6.07, 6.45) is 0.568. The fraction of sp³-hybridized carbons (Fsp3) is 0.533. The molecule has 1 aromatic rings. The van der Waals surface area contributed by atoms with Crippen LogP contribution in [0, 0.1) is 0 Å². The van der Waals surface area contributed by atoms with Crippen molar-refractivity contribution < 1.29 is 9.53 Å². The maximum atomic E-state index is 11.7. The van der Waals surface area contributed by atoms with Crippen molar-refractivity contribution in [2.45, 2.75) is 32.4 Å². The zero-order valence-electron chi connectivity index (χ0n) is 12.4. The van der Waals surface area contributed by atoms with Crippen molar-refractivity contribution >= 4 is 5.91 Å². The van der Waals surface area contributed by atoms with Gasteiger partial charge in [-0.2, -0.15) is 0 Å². The van der Waals surface area contributed by atoms with Gasteiger partial charge in [0.1, 0.15) is 5.75 Å². The zero-order chi connectivity index (χ0) is 14.4. The van der Waals surface area contributed by atoms with Gasteiger partial charge in [-0.25, -0.2) is 0 Å². The molecule has 19 heavy (non-hydrogen) atoms. The van der Waals surface area contributed by atoms with Crippen LogP contribution >= 0.6 is 0 Å². The molecule has 1 amide bonds. The number of nitrogens with one attached hydrogen (secondary N) is 1. The first-order chi connectivity index (χ1) is 8.99. The van der Waals surface area contributed by atoms with E-state index in [1.165, 1.54) is 10.5 Å². The molecule has 1 aromatic carbocycles. The Labute approximate surface area is 115 Å². The zero-order valence-corrected chi connectivity index (χ0v) is 12.4. The largest absolute Gasteiger partial charge is 0.481 e. The Hall–Kier alpha value is -1.55. The number of hydrogen-bond acceptors (Lipinski definition) is 3. The van der Waals surface area contributed by atoms with Gasteiger partial charge in [0.25, 0.3) is 5.91 Å². The molecule has 0 aliphatic heterocycles. The van der Waals surface area contributed by atoms with Gasteiger partial charge in [-0.1, -0.05) is 19.1 Å². The van der Waals surface area contributed by atoms with E-state index in [2.05, 4.69) is 12.2 Å². The van der Waals surface area contributed by atoms with Gasteiger partial charge in [-0.15, -0.1) is 0 Å². The van der Waals surface area contributed by atoms with Crippen LogP contribution < -0.4 is 10.1 Å². The summed E-state index contributed by atoms with van der Waals surface area (Å²) in [5.74, 6) is 0.683. The van der Waals surface area contributed by atoms with Gasteiger partial charge in [0.15, 0.2) is 6.10 Å². The Balaban J connectivity index is 2.69. The van der Waals surface area contributed by atoms with Crippen LogP contribution in [0.25, 0.3) is 0 Å². The van der Waals surface area contributed by atoms with Gasteiger partial charge in [-0.05, 0) is 38.1 Å². The molecule has 0 fully saturated rings. The molecule has 4 heteroatoms. The van der Waals surface area contributed by atoms with E-state index in [-0.39, 0.29) is 5.91 Å². The van der Waals surface area contributed by atoms with Gasteiger partial charge < -0.3 is 15.0 Å². The highest BCUT2D eigenvalue weighted by Crippen LogP contribution is 2.20. The van der Waals surface area contributed by atoms with Crippen molar-refractivity contribution in [3.63, 3.8) is 0 Å². The Morgan fingerprint density at radius 3 is 2.32 bits per heavy atom. The summed E-state index contributed by atoms with van der Waals surface area (Å²) in [4.78, 5) is 13.2. The lowest BCUT2D eigenvalue weighted by molar-refractivity contribution is -0.135. The van der Waals surface area contributed by atoms with E-state index in [1.54, 1.807) is 21.0 Å². The molecule has 0 aromatic heterocycles. The van der Waals surface area contributed by atoms with Crippen LogP contribution in [-0.4, -0.2) is 38.1 Å². The average molecular weight is 264 g/mol. The maximum Gasteiger partial charge on any atom is 0.262 e. The van der Waals surface area contributed by atoms with E-state index < -0.39 is 6.10 Å². The third kappa shape index (κ3) is 4.24. The highest BCUT2D eigenvalue weighted by atomic mass is 16.5. The maximum absolute atomic E-state index is 11.7. The Kier molecular flexibility index (Phi) is 5.83. The SMILES string of the molecule is CCC(NC)c1ccc(OC(C)C(=O)N(C)C)cc1. The summed E-state index contributed by atoms with van der Waals surface area (Å²) >= 11 is 0. The number of carbonyl (C=O) groups is 1. The normalized spacial score (nSPS) is 13.7. The van der Waals surface area contributed by atoms with Gasteiger partial charge >= 0.3 is 0 Å².